The van der Waals surface area contributed by atoms with E-state index in [1.807, 2.05) is 16.4 Å². The van der Waals surface area contributed by atoms with Gasteiger partial charge in [0.2, 0.25) is 5.91 Å². The van der Waals surface area contributed by atoms with E-state index in [4.69, 9.17) is 9.15 Å². The van der Waals surface area contributed by atoms with E-state index in [9.17, 15) is 9.59 Å². The van der Waals surface area contributed by atoms with Gasteiger partial charge in [0.15, 0.2) is 5.17 Å². The predicted molar refractivity (Wildman–Crippen MR) is 102 cm³/mol. The molecule has 3 heterocycles. The highest BCUT2D eigenvalue weighted by molar-refractivity contribution is 8.16. The topological polar surface area (TPSA) is 84.1 Å². The second-order valence-corrected chi connectivity index (χ2v) is 7.48. The van der Waals surface area contributed by atoms with Crippen molar-refractivity contribution in [3.8, 4) is 0 Å². The zero-order valence-corrected chi connectivity index (χ0v) is 16.0. The Hall–Kier alpha value is -2.48. The van der Waals surface area contributed by atoms with E-state index >= 15 is 0 Å². The molecule has 1 atom stereocenters. The highest BCUT2D eigenvalue weighted by Crippen LogP contribution is 2.44. The van der Waals surface area contributed by atoms with E-state index < -0.39 is 12.0 Å². The third-order valence-electron chi connectivity index (χ3n) is 4.59. The van der Waals surface area contributed by atoms with Crippen molar-refractivity contribution in [2.45, 2.75) is 45.2 Å². The third-order valence-corrected chi connectivity index (χ3v) is 5.48. The molecule has 1 fully saturated rings. The molecule has 4 rings (SSSR count). The van der Waals surface area contributed by atoms with Crippen LogP contribution in [-0.4, -0.2) is 34.6 Å². The Morgan fingerprint density at radius 3 is 2.93 bits per heavy atom. The Labute approximate surface area is 161 Å². The van der Waals surface area contributed by atoms with E-state index in [0.717, 1.165) is 23.7 Å². The van der Waals surface area contributed by atoms with Gasteiger partial charge in [0.1, 0.15) is 11.8 Å². The molecular formula is C19H21N3O4S. The number of carbonyl (C=O) groups excluding carboxylic acids is 2. The number of thioether (sulfide) groups is 1. The van der Waals surface area contributed by atoms with E-state index in [1.54, 1.807) is 26.2 Å². The summed E-state index contributed by atoms with van der Waals surface area (Å²) < 4.78 is 10.9. The van der Waals surface area contributed by atoms with Gasteiger partial charge >= 0.3 is 5.97 Å². The van der Waals surface area contributed by atoms with Gasteiger partial charge in [-0.15, -0.1) is 0 Å². The molecule has 1 saturated carbocycles. The van der Waals surface area contributed by atoms with Crippen molar-refractivity contribution in [3.63, 3.8) is 0 Å². The van der Waals surface area contributed by atoms with E-state index in [0.29, 0.717) is 23.1 Å². The van der Waals surface area contributed by atoms with Crippen molar-refractivity contribution in [3.05, 3.63) is 46.5 Å². The zero-order chi connectivity index (χ0) is 19.0. The number of esters is 1. The van der Waals surface area contributed by atoms with Crippen LogP contribution in [0.15, 0.2) is 50.2 Å². The summed E-state index contributed by atoms with van der Waals surface area (Å²) in [6, 6.07) is 3.41. The first-order chi connectivity index (χ1) is 13.1. The van der Waals surface area contributed by atoms with Gasteiger partial charge in [0.05, 0.1) is 30.6 Å². The van der Waals surface area contributed by atoms with Gasteiger partial charge in [-0.1, -0.05) is 11.8 Å². The number of hydrogen-bond acceptors (Lipinski definition) is 7. The molecule has 7 nitrogen and oxygen atoms in total. The van der Waals surface area contributed by atoms with Crippen LogP contribution in [0.2, 0.25) is 0 Å². The maximum Gasteiger partial charge on any atom is 0.338 e. The van der Waals surface area contributed by atoms with Crippen LogP contribution in [0.3, 0.4) is 0 Å². The Bertz CT molecular complexity index is 852. The summed E-state index contributed by atoms with van der Waals surface area (Å²) in [6.07, 6.45) is 3.89. The minimum Gasteiger partial charge on any atom is -0.467 e. The SMILES string of the molecule is CCOC(=O)C1=C(C)N=C2SC=C(CC(=O)NC3CC3)N2[C@@H]1c1ccco1. The predicted octanol–water partition coefficient (Wildman–Crippen LogP) is 3.09. The van der Waals surface area contributed by atoms with E-state index in [1.165, 1.54) is 11.8 Å². The van der Waals surface area contributed by atoms with Crippen molar-refractivity contribution in [1.29, 1.82) is 0 Å². The lowest BCUT2D eigenvalue weighted by atomic mass is 9.99. The van der Waals surface area contributed by atoms with Gasteiger partial charge in [-0.05, 0) is 44.2 Å². The number of aliphatic imine (C=N–C) groups is 1. The molecule has 3 aliphatic rings. The van der Waals surface area contributed by atoms with Crippen LogP contribution in [0.5, 0.6) is 0 Å². The van der Waals surface area contributed by atoms with Crippen molar-refractivity contribution >= 4 is 28.8 Å². The Kier molecular flexibility index (Phi) is 4.82. The number of carbonyl (C=O) groups is 2. The maximum atomic E-state index is 12.7. The fraction of sp³-hybridized carbons (Fsp3) is 0.421. The lowest BCUT2D eigenvalue weighted by Crippen LogP contribution is -2.38. The second-order valence-electron chi connectivity index (χ2n) is 6.65. The van der Waals surface area contributed by atoms with Crippen LogP contribution >= 0.6 is 11.8 Å². The molecule has 27 heavy (non-hydrogen) atoms. The molecular weight excluding hydrogens is 366 g/mol. The molecule has 1 aliphatic carbocycles. The average molecular weight is 387 g/mol. The molecule has 142 valence electrons. The van der Waals surface area contributed by atoms with Crippen LogP contribution in [0.1, 0.15) is 44.9 Å². The van der Waals surface area contributed by atoms with Gasteiger partial charge in [-0.25, -0.2) is 9.79 Å². The van der Waals surface area contributed by atoms with Gasteiger partial charge in [-0.2, -0.15) is 0 Å². The summed E-state index contributed by atoms with van der Waals surface area (Å²) >= 11 is 1.45. The van der Waals surface area contributed by atoms with Crippen molar-refractivity contribution in [1.82, 2.24) is 10.2 Å². The summed E-state index contributed by atoms with van der Waals surface area (Å²) in [5.41, 5.74) is 1.84. The molecule has 0 bridgehead atoms. The standard InChI is InChI=1S/C19H21N3O4S/c1-3-25-18(24)16-11(2)20-19-22(17(16)14-5-4-8-26-14)13(10-27-19)9-15(23)21-12-6-7-12/h4-5,8,10,12,17H,3,6-7,9H2,1-2H3,(H,21,23)/t17-/m1/s1. The van der Waals surface area contributed by atoms with Gasteiger partial charge in [-0.3, -0.25) is 4.79 Å². The molecule has 8 heteroatoms. The number of allylic oxidation sites excluding steroid dienone is 1. The molecule has 1 aromatic rings. The largest absolute Gasteiger partial charge is 0.467 e. The molecule has 1 N–H and O–H groups in total. The Morgan fingerprint density at radius 2 is 2.26 bits per heavy atom. The number of nitrogens with one attached hydrogen (secondary N) is 1. The van der Waals surface area contributed by atoms with Crippen molar-refractivity contribution in [2.75, 3.05) is 6.61 Å². The van der Waals surface area contributed by atoms with Crippen LogP contribution in [-0.2, 0) is 14.3 Å². The van der Waals surface area contributed by atoms with Crippen molar-refractivity contribution in [2.24, 2.45) is 4.99 Å². The smallest absolute Gasteiger partial charge is 0.338 e. The molecule has 0 unspecified atom stereocenters. The molecule has 0 spiro atoms. The number of ether oxygens (including phenoxy) is 1. The van der Waals surface area contributed by atoms with Crippen molar-refractivity contribution < 1.29 is 18.7 Å². The first kappa shape index (κ1) is 17.9. The molecule has 0 radical (unpaired) electrons. The number of hydrogen-bond donors (Lipinski definition) is 1. The summed E-state index contributed by atoms with van der Waals surface area (Å²) in [5.74, 6) is 0.173. The van der Waals surface area contributed by atoms with Gasteiger partial charge < -0.3 is 19.4 Å². The molecule has 0 saturated heterocycles. The fourth-order valence-electron chi connectivity index (χ4n) is 3.23. The van der Waals surface area contributed by atoms with E-state index in [2.05, 4.69) is 10.3 Å². The lowest BCUT2D eigenvalue weighted by Gasteiger charge is -2.34. The first-order valence-electron chi connectivity index (χ1n) is 9.02. The Morgan fingerprint density at radius 1 is 1.44 bits per heavy atom. The normalized spacial score (nSPS) is 21.6. The minimum atomic E-state index is -0.499. The lowest BCUT2D eigenvalue weighted by molar-refractivity contribution is -0.139. The van der Waals surface area contributed by atoms with Crippen LogP contribution in [0.4, 0.5) is 0 Å². The monoisotopic (exact) mass is 387 g/mol. The van der Waals surface area contributed by atoms with Crippen LogP contribution < -0.4 is 5.32 Å². The average Bonchev–Trinajstić information content (AvgIpc) is 3.12. The van der Waals surface area contributed by atoms with Crippen LogP contribution in [0, 0.1) is 0 Å². The first-order valence-corrected chi connectivity index (χ1v) is 9.90. The van der Waals surface area contributed by atoms with Crippen LogP contribution in [0.25, 0.3) is 0 Å². The number of nitrogens with zero attached hydrogens (tertiary/aromatic N) is 2. The summed E-state index contributed by atoms with van der Waals surface area (Å²) in [5, 5.41) is 5.66. The highest BCUT2D eigenvalue weighted by Gasteiger charge is 2.42. The molecule has 0 aromatic carbocycles. The molecule has 1 amide bonds. The second kappa shape index (κ2) is 7.26. The fourth-order valence-corrected chi connectivity index (χ4v) is 4.19. The molecule has 2 aliphatic heterocycles. The Balaban J connectivity index is 1.67. The number of amides is 1. The minimum absolute atomic E-state index is 0.0206. The van der Waals surface area contributed by atoms with Gasteiger partial charge in [0, 0.05) is 11.7 Å². The number of amidine groups is 1. The molecule has 1 aromatic heterocycles. The number of rotatable bonds is 6. The summed E-state index contributed by atoms with van der Waals surface area (Å²) in [7, 11) is 0. The third kappa shape index (κ3) is 3.53. The number of fused-ring (bicyclic) bond motifs is 1. The summed E-state index contributed by atoms with van der Waals surface area (Å²) in [4.78, 5) is 31.5. The summed E-state index contributed by atoms with van der Waals surface area (Å²) in [6.45, 7) is 3.84. The zero-order valence-electron chi connectivity index (χ0n) is 15.2. The van der Waals surface area contributed by atoms with Gasteiger partial charge in [0.25, 0.3) is 0 Å². The van der Waals surface area contributed by atoms with E-state index in [-0.39, 0.29) is 18.9 Å². The highest BCUT2D eigenvalue weighted by atomic mass is 32.2. The maximum absolute atomic E-state index is 12.7. The quantitative estimate of drug-likeness (QED) is 0.755. The number of furan rings is 1.